The molecule has 1 unspecified atom stereocenters. The Balaban J connectivity index is 1.40. The molecule has 3 rings (SSSR count). The van der Waals surface area contributed by atoms with E-state index in [2.05, 4.69) is 15.2 Å². The minimum atomic E-state index is -0.438. The van der Waals surface area contributed by atoms with Gasteiger partial charge in [-0.15, -0.1) is 11.3 Å². The second-order valence-electron chi connectivity index (χ2n) is 6.65. The standard InChI is InChI=1S/C19H25N3O2S/c1-14-18(25-13-21-14)19(24)20-11-15-7-9-22(10-8-15)12-17(23)16-5-3-2-4-6-16/h2-6,13,15,17,23H,7-12H2,1H3,(H,20,24). The van der Waals surface area contributed by atoms with Crippen LogP contribution in [0, 0.1) is 12.8 Å². The molecule has 1 saturated heterocycles. The molecule has 0 bridgehead atoms. The molecule has 2 N–H and O–H groups in total. The van der Waals surface area contributed by atoms with Crippen LogP contribution in [0.15, 0.2) is 35.8 Å². The van der Waals surface area contributed by atoms with E-state index in [1.54, 1.807) is 5.51 Å². The molecule has 5 nitrogen and oxygen atoms in total. The minimum absolute atomic E-state index is 0.0121. The molecule has 0 radical (unpaired) electrons. The van der Waals surface area contributed by atoms with Gasteiger partial charge in [-0.05, 0) is 44.3 Å². The maximum atomic E-state index is 12.2. The molecule has 1 aromatic carbocycles. The minimum Gasteiger partial charge on any atom is -0.387 e. The van der Waals surface area contributed by atoms with Crippen molar-refractivity contribution >= 4 is 17.2 Å². The van der Waals surface area contributed by atoms with Crippen molar-refractivity contribution in [3.05, 3.63) is 52.0 Å². The van der Waals surface area contributed by atoms with Crippen molar-refractivity contribution in [2.45, 2.75) is 25.9 Å². The first-order valence-electron chi connectivity index (χ1n) is 8.77. The Hall–Kier alpha value is -1.76. The highest BCUT2D eigenvalue weighted by atomic mass is 32.1. The van der Waals surface area contributed by atoms with Crippen LogP contribution >= 0.6 is 11.3 Å². The van der Waals surface area contributed by atoms with E-state index in [9.17, 15) is 9.90 Å². The Labute approximate surface area is 152 Å². The first-order chi connectivity index (χ1) is 12.1. The maximum absolute atomic E-state index is 12.2. The molecular formula is C19H25N3O2S. The third-order valence-corrected chi connectivity index (χ3v) is 5.75. The van der Waals surface area contributed by atoms with Gasteiger partial charge in [0.1, 0.15) is 4.88 Å². The van der Waals surface area contributed by atoms with Gasteiger partial charge in [-0.25, -0.2) is 4.98 Å². The Bertz CT molecular complexity index is 681. The van der Waals surface area contributed by atoms with Crippen LogP contribution in [0.3, 0.4) is 0 Å². The monoisotopic (exact) mass is 359 g/mol. The fourth-order valence-corrected chi connectivity index (χ4v) is 3.95. The fraction of sp³-hybridized carbons (Fsp3) is 0.474. The van der Waals surface area contributed by atoms with Crippen molar-refractivity contribution in [1.82, 2.24) is 15.2 Å². The predicted octanol–water partition coefficient (Wildman–Crippen LogP) is 2.63. The average molecular weight is 359 g/mol. The Morgan fingerprint density at radius 3 is 2.72 bits per heavy atom. The number of aromatic nitrogens is 1. The quantitative estimate of drug-likeness (QED) is 0.832. The number of aliphatic hydroxyl groups excluding tert-OH is 1. The largest absolute Gasteiger partial charge is 0.387 e. The molecule has 0 spiro atoms. The summed E-state index contributed by atoms with van der Waals surface area (Å²) in [6.07, 6.45) is 1.65. The smallest absolute Gasteiger partial charge is 0.263 e. The zero-order chi connectivity index (χ0) is 17.6. The van der Waals surface area contributed by atoms with Crippen molar-refractivity contribution in [2.24, 2.45) is 5.92 Å². The summed E-state index contributed by atoms with van der Waals surface area (Å²) in [4.78, 5) is 19.3. The number of nitrogens with zero attached hydrogens (tertiary/aromatic N) is 2. The highest BCUT2D eigenvalue weighted by molar-refractivity contribution is 7.11. The number of hydrogen-bond donors (Lipinski definition) is 2. The van der Waals surface area contributed by atoms with Crippen LogP contribution in [-0.4, -0.2) is 47.1 Å². The van der Waals surface area contributed by atoms with Gasteiger partial charge in [0.15, 0.2) is 0 Å². The van der Waals surface area contributed by atoms with Gasteiger partial charge in [0, 0.05) is 13.1 Å². The summed E-state index contributed by atoms with van der Waals surface area (Å²) in [5, 5.41) is 13.4. The van der Waals surface area contributed by atoms with Gasteiger partial charge in [-0.2, -0.15) is 0 Å². The predicted molar refractivity (Wildman–Crippen MR) is 99.8 cm³/mol. The van der Waals surface area contributed by atoms with Gasteiger partial charge in [0.25, 0.3) is 5.91 Å². The summed E-state index contributed by atoms with van der Waals surface area (Å²) in [7, 11) is 0. The second kappa shape index (κ2) is 8.56. The van der Waals surface area contributed by atoms with Crippen molar-refractivity contribution < 1.29 is 9.90 Å². The molecule has 1 fully saturated rings. The highest BCUT2D eigenvalue weighted by Crippen LogP contribution is 2.20. The van der Waals surface area contributed by atoms with E-state index >= 15 is 0 Å². The Morgan fingerprint density at radius 1 is 1.36 bits per heavy atom. The molecule has 134 valence electrons. The molecular weight excluding hydrogens is 334 g/mol. The molecule has 6 heteroatoms. The summed E-state index contributed by atoms with van der Waals surface area (Å²) in [6.45, 7) is 5.17. The van der Waals surface area contributed by atoms with E-state index < -0.39 is 6.10 Å². The van der Waals surface area contributed by atoms with Gasteiger partial charge >= 0.3 is 0 Å². The number of nitrogens with one attached hydrogen (secondary N) is 1. The summed E-state index contributed by atoms with van der Waals surface area (Å²) < 4.78 is 0. The number of likely N-dealkylation sites (tertiary alicyclic amines) is 1. The van der Waals surface area contributed by atoms with Crippen LogP contribution in [0.1, 0.15) is 39.9 Å². The number of hydrogen-bond acceptors (Lipinski definition) is 5. The van der Waals surface area contributed by atoms with Crippen molar-refractivity contribution in [3.63, 3.8) is 0 Å². The number of aryl methyl sites for hydroxylation is 1. The SMILES string of the molecule is Cc1ncsc1C(=O)NCC1CCN(CC(O)c2ccccc2)CC1. The van der Waals surface area contributed by atoms with Gasteiger partial charge in [-0.1, -0.05) is 30.3 Å². The third kappa shape index (κ3) is 4.87. The van der Waals surface area contributed by atoms with E-state index in [0.717, 1.165) is 37.2 Å². The van der Waals surface area contributed by atoms with Gasteiger partial charge in [0.05, 0.1) is 17.3 Å². The van der Waals surface area contributed by atoms with E-state index in [0.29, 0.717) is 23.9 Å². The van der Waals surface area contributed by atoms with Crippen molar-refractivity contribution in [2.75, 3.05) is 26.2 Å². The number of thiazole rings is 1. The summed E-state index contributed by atoms with van der Waals surface area (Å²) >= 11 is 1.39. The van der Waals surface area contributed by atoms with Crippen LogP contribution in [-0.2, 0) is 0 Å². The van der Waals surface area contributed by atoms with Crippen LogP contribution in [0.2, 0.25) is 0 Å². The lowest BCUT2D eigenvalue weighted by Gasteiger charge is -2.33. The molecule has 1 amide bonds. The maximum Gasteiger partial charge on any atom is 0.263 e. The normalized spacial score (nSPS) is 17.4. The number of aliphatic hydroxyl groups is 1. The number of piperidine rings is 1. The highest BCUT2D eigenvalue weighted by Gasteiger charge is 2.22. The molecule has 1 atom stereocenters. The molecule has 0 saturated carbocycles. The lowest BCUT2D eigenvalue weighted by molar-refractivity contribution is 0.0853. The Morgan fingerprint density at radius 2 is 2.08 bits per heavy atom. The van der Waals surface area contributed by atoms with Gasteiger partial charge in [-0.3, -0.25) is 4.79 Å². The summed E-state index contributed by atoms with van der Waals surface area (Å²) in [5.74, 6) is 0.490. The summed E-state index contributed by atoms with van der Waals surface area (Å²) in [6, 6.07) is 9.81. The number of carbonyl (C=O) groups excluding carboxylic acids is 1. The second-order valence-corrected chi connectivity index (χ2v) is 7.50. The molecule has 1 aliphatic heterocycles. The molecule has 1 aromatic heterocycles. The lowest BCUT2D eigenvalue weighted by Crippen LogP contribution is -2.40. The number of amides is 1. The van der Waals surface area contributed by atoms with E-state index in [4.69, 9.17) is 0 Å². The molecule has 2 aromatic rings. The van der Waals surface area contributed by atoms with Crippen LogP contribution in [0.5, 0.6) is 0 Å². The topological polar surface area (TPSA) is 65.5 Å². The van der Waals surface area contributed by atoms with Crippen LogP contribution < -0.4 is 5.32 Å². The van der Waals surface area contributed by atoms with E-state index in [1.165, 1.54) is 11.3 Å². The van der Waals surface area contributed by atoms with Crippen LogP contribution in [0.4, 0.5) is 0 Å². The lowest BCUT2D eigenvalue weighted by atomic mass is 9.96. The first-order valence-corrected chi connectivity index (χ1v) is 9.65. The molecule has 2 heterocycles. The number of β-amino-alcohol motifs (C(OH)–C–C–N with tert-alkyl or cyclic N) is 1. The van der Waals surface area contributed by atoms with Gasteiger partial charge < -0.3 is 15.3 Å². The first kappa shape index (κ1) is 18.0. The molecule has 1 aliphatic rings. The molecule has 0 aliphatic carbocycles. The average Bonchev–Trinajstić information content (AvgIpc) is 3.07. The van der Waals surface area contributed by atoms with E-state index in [1.807, 2.05) is 37.3 Å². The number of benzene rings is 1. The zero-order valence-electron chi connectivity index (χ0n) is 14.5. The molecule has 25 heavy (non-hydrogen) atoms. The van der Waals surface area contributed by atoms with Gasteiger partial charge in [0.2, 0.25) is 0 Å². The van der Waals surface area contributed by atoms with E-state index in [-0.39, 0.29) is 5.91 Å². The Kier molecular flexibility index (Phi) is 6.18. The fourth-order valence-electron chi connectivity index (χ4n) is 3.24. The number of rotatable bonds is 6. The van der Waals surface area contributed by atoms with Crippen molar-refractivity contribution in [1.29, 1.82) is 0 Å². The third-order valence-electron chi connectivity index (χ3n) is 4.83. The van der Waals surface area contributed by atoms with Crippen molar-refractivity contribution in [3.8, 4) is 0 Å². The zero-order valence-corrected chi connectivity index (χ0v) is 15.3. The summed E-state index contributed by atoms with van der Waals surface area (Å²) in [5.41, 5.74) is 3.48. The van der Waals surface area contributed by atoms with Crippen LogP contribution in [0.25, 0.3) is 0 Å². The number of carbonyl (C=O) groups is 1.